The van der Waals surface area contributed by atoms with Crippen LogP contribution in [0.3, 0.4) is 0 Å². The average Bonchev–Trinajstić information content (AvgIpc) is 2.90. The second-order valence-electron chi connectivity index (χ2n) is 9.71. The van der Waals surface area contributed by atoms with Gasteiger partial charge in [0.1, 0.15) is 12.2 Å². The summed E-state index contributed by atoms with van der Waals surface area (Å²) in [5.74, 6) is -0.263. The third-order valence-corrected chi connectivity index (χ3v) is 8.00. The van der Waals surface area contributed by atoms with Gasteiger partial charge in [-0.15, -0.1) is 0 Å². The Morgan fingerprint density at radius 1 is 0.684 bits per heavy atom. The Morgan fingerprint density at radius 2 is 1.21 bits per heavy atom. The van der Waals surface area contributed by atoms with Crippen molar-refractivity contribution in [1.29, 1.82) is 0 Å². The first-order chi connectivity index (χ1) is 18.4. The number of fused-ring (bicyclic) bond motifs is 2. The number of ether oxygens (including phenoxy) is 2. The first kappa shape index (κ1) is 30.9. The summed E-state index contributed by atoms with van der Waals surface area (Å²) in [5, 5.41) is 2.63. The van der Waals surface area contributed by atoms with Gasteiger partial charge in [0.05, 0.1) is 0 Å². The number of hydrogen-bond acceptors (Lipinski definition) is 4. The van der Waals surface area contributed by atoms with E-state index in [9.17, 15) is 9.59 Å². The minimum Gasteiger partial charge on any atom is -0.457 e. The minimum atomic E-state index is -0.237. The maximum absolute atomic E-state index is 12.2. The van der Waals surface area contributed by atoms with Crippen LogP contribution in [0.5, 0.6) is 0 Å². The second-order valence-corrected chi connectivity index (χ2v) is 12.2. The van der Waals surface area contributed by atoms with Gasteiger partial charge in [0.15, 0.2) is 0 Å². The molecule has 4 nitrogen and oxygen atoms in total. The fourth-order valence-electron chi connectivity index (χ4n) is 4.61. The Bertz CT molecular complexity index is 1190. The van der Waals surface area contributed by atoms with E-state index in [1.165, 1.54) is 14.3 Å². The molecule has 0 heterocycles. The predicted molar refractivity (Wildman–Crippen MR) is 171 cm³/mol. The number of halogens is 2. The molecule has 0 fully saturated rings. The number of unbranched alkanes of at least 4 members (excludes halogenated alkanes) is 4. The summed E-state index contributed by atoms with van der Waals surface area (Å²) in [6, 6.07) is 20.9. The van der Waals surface area contributed by atoms with E-state index in [0.29, 0.717) is 25.7 Å². The van der Waals surface area contributed by atoms with Crippen LogP contribution in [-0.2, 0) is 19.1 Å². The summed E-state index contributed by atoms with van der Waals surface area (Å²) < 4.78 is 13.9. The van der Waals surface area contributed by atoms with E-state index in [0.717, 1.165) is 53.2 Å². The van der Waals surface area contributed by atoms with Gasteiger partial charge in [0, 0.05) is 25.5 Å². The molecular formula is C32H38I2O4. The minimum absolute atomic E-state index is 0.131. The fraction of sp³-hybridized carbons (Fsp3) is 0.438. The van der Waals surface area contributed by atoms with Gasteiger partial charge in [-0.1, -0.05) is 75.9 Å². The molecule has 0 N–H and O–H groups in total. The molecule has 2 unspecified atom stereocenters. The highest BCUT2D eigenvalue weighted by Crippen LogP contribution is 2.41. The topological polar surface area (TPSA) is 52.6 Å². The zero-order valence-corrected chi connectivity index (χ0v) is 26.7. The van der Waals surface area contributed by atoms with Crippen LogP contribution < -0.4 is 0 Å². The number of esters is 2. The van der Waals surface area contributed by atoms with Gasteiger partial charge in [-0.2, -0.15) is 0 Å². The highest BCUT2D eigenvalue weighted by molar-refractivity contribution is 14.1. The Kier molecular flexibility index (Phi) is 13.3. The Hall–Kier alpha value is -1.68. The maximum atomic E-state index is 12.2. The van der Waals surface area contributed by atoms with Crippen molar-refractivity contribution >= 4 is 67.9 Å². The van der Waals surface area contributed by atoms with Crippen LogP contribution in [0.2, 0.25) is 0 Å². The summed E-state index contributed by atoms with van der Waals surface area (Å²) in [6.07, 6.45) is 7.87. The highest BCUT2D eigenvalue weighted by atomic mass is 127. The summed E-state index contributed by atoms with van der Waals surface area (Å²) in [6.45, 7) is 4.24. The SMILES string of the molecule is CCCCCC(=O)OC1CCC(OC(=O)CCCCC)c2cc(I)ccc21.Ic1ccc2ccccc2c1. The van der Waals surface area contributed by atoms with Gasteiger partial charge in [0.2, 0.25) is 0 Å². The van der Waals surface area contributed by atoms with Gasteiger partial charge in [-0.25, -0.2) is 0 Å². The van der Waals surface area contributed by atoms with Crippen LogP contribution >= 0.6 is 45.2 Å². The van der Waals surface area contributed by atoms with Crippen LogP contribution in [0, 0.1) is 7.14 Å². The van der Waals surface area contributed by atoms with E-state index < -0.39 is 0 Å². The predicted octanol–water partition coefficient (Wildman–Crippen LogP) is 9.86. The Labute approximate surface area is 254 Å². The summed E-state index contributed by atoms with van der Waals surface area (Å²) >= 11 is 4.59. The summed E-state index contributed by atoms with van der Waals surface area (Å²) in [7, 11) is 0. The molecule has 1 aliphatic rings. The first-order valence-corrected chi connectivity index (χ1v) is 15.9. The molecular weight excluding hydrogens is 702 g/mol. The molecule has 0 bridgehead atoms. The van der Waals surface area contributed by atoms with Crippen molar-refractivity contribution in [3.05, 3.63) is 78.9 Å². The van der Waals surface area contributed by atoms with Gasteiger partial charge in [0.25, 0.3) is 0 Å². The summed E-state index contributed by atoms with van der Waals surface area (Å²) in [5.41, 5.74) is 1.97. The lowest BCUT2D eigenvalue weighted by atomic mass is 9.87. The van der Waals surface area contributed by atoms with Crippen LogP contribution in [0.1, 0.15) is 101 Å². The molecule has 3 aromatic rings. The van der Waals surface area contributed by atoms with E-state index in [4.69, 9.17) is 9.47 Å². The molecule has 1 aliphatic carbocycles. The molecule has 4 rings (SSSR count). The standard InChI is InChI=1S/C22H31IO4.C10H7I/c1-3-5-7-9-21(24)26-19-13-14-20(27-22(25)10-8-6-4-2)18-15-16(23)11-12-17(18)19;11-10-6-5-8-3-1-2-4-9(8)7-10/h11-12,15,19-20H,3-10,13-14H2,1-2H3;1-7H. The molecule has 0 saturated heterocycles. The molecule has 2 atom stereocenters. The number of benzene rings is 3. The van der Waals surface area contributed by atoms with Gasteiger partial charge < -0.3 is 9.47 Å². The quantitative estimate of drug-likeness (QED) is 0.118. The van der Waals surface area contributed by atoms with E-state index >= 15 is 0 Å². The maximum Gasteiger partial charge on any atom is 0.306 e. The number of carbonyl (C=O) groups excluding carboxylic acids is 2. The lowest BCUT2D eigenvalue weighted by Gasteiger charge is -2.31. The first-order valence-electron chi connectivity index (χ1n) is 13.7. The van der Waals surface area contributed by atoms with Gasteiger partial charge in [-0.05, 0) is 111 Å². The number of hydrogen-bond donors (Lipinski definition) is 0. The molecule has 38 heavy (non-hydrogen) atoms. The van der Waals surface area contributed by atoms with E-state index in [1.54, 1.807) is 0 Å². The number of rotatable bonds is 10. The monoisotopic (exact) mass is 740 g/mol. The van der Waals surface area contributed by atoms with E-state index in [-0.39, 0.29) is 24.1 Å². The molecule has 6 heteroatoms. The van der Waals surface area contributed by atoms with Crippen molar-refractivity contribution in [2.45, 2.75) is 90.3 Å². The molecule has 0 spiro atoms. The van der Waals surface area contributed by atoms with Crippen LogP contribution in [0.15, 0.2) is 60.7 Å². The van der Waals surface area contributed by atoms with Crippen LogP contribution in [0.25, 0.3) is 10.8 Å². The molecule has 0 amide bonds. The molecule has 0 saturated carbocycles. The largest absolute Gasteiger partial charge is 0.457 e. The lowest BCUT2D eigenvalue weighted by Crippen LogP contribution is -2.22. The molecule has 0 aliphatic heterocycles. The zero-order chi connectivity index (χ0) is 27.3. The lowest BCUT2D eigenvalue weighted by molar-refractivity contribution is -0.156. The van der Waals surface area contributed by atoms with Crippen molar-refractivity contribution in [3.8, 4) is 0 Å². The smallest absolute Gasteiger partial charge is 0.306 e. The molecule has 204 valence electrons. The Morgan fingerprint density at radius 3 is 1.82 bits per heavy atom. The summed E-state index contributed by atoms with van der Waals surface area (Å²) in [4.78, 5) is 24.3. The highest BCUT2D eigenvalue weighted by Gasteiger charge is 2.31. The van der Waals surface area contributed by atoms with Crippen molar-refractivity contribution in [3.63, 3.8) is 0 Å². The van der Waals surface area contributed by atoms with Crippen LogP contribution in [0.4, 0.5) is 0 Å². The Balaban J connectivity index is 0.000000299. The molecule has 0 radical (unpaired) electrons. The fourth-order valence-corrected chi connectivity index (χ4v) is 5.64. The van der Waals surface area contributed by atoms with Crippen molar-refractivity contribution in [2.24, 2.45) is 0 Å². The van der Waals surface area contributed by atoms with Crippen LogP contribution in [-0.4, -0.2) is 11.9 Å². The second kappa shape index (κ2) is 16.4. The van der Waals surface area contributed by atoms with E-state index in [1.807, 2.05) is 12.1 Å². The van der Waals surface area contributed by atoms with Crippen molar-refractivity contribution < 1.29 is 19.1 Å². The van der Waals surface area contributed by atoms with Crippen molar-refractivity contribution in [1.82, 2.24) is 0 Å². The van der Waals surface area contributed by atoms with E-state index in [2.05, 4.69) is 108 Å². The third-order valence-electron chi connectivity index (χ3n) is 6.66. The van der Waals surface area contributed by atoms with Crippen molar-refractivity contribution in [2.75, 3.05) is 0 Å². The van der Waals surface area contributed by atoms with Gasteiger partial charge in [-0.3, -0.25) is 9.59 Å². The third kappa shape index (κ3) is 9.81. The zero-order valence-electron chi connectivity index (χ0n) is 22.4. The normalized spacial score (nSPS) is 16.2. The van der Waals surface area contributed by atoms with Gasteiger partial charge >= 0.3 is 11.9 Å². The average molecular weight is 740 g/mol. The molecule has 3 aromatic carbocycles. The molecule has 0 aromatic heterocycles. The number of carbonyl (C=O) groups is 2.